The molecule has 1 aromatic carbocycles. The van der Waals surface area contributed by atoms with E-state index in [0.29, 0.717) is 18.7 Å². The van der Waals surface area contributed by atoms with Gasteiger partial charge in [-0.25, -0.2) is 4.98 Å². The second-order valence-electron chi connectivity index (χ2n) is 9.84. The topological polar surface area (TPSA) is 83.7 Å². The number of hydrogen-bond acceptors (Lipinski definition) is 6. The number of likely N-dealkylation sites (tertiary alicyclic amines) is 1. The van der Waals surface area contributed by atoms with Crippen LogP contribution in [0.1, 0.15) is 48.1 Å². The van der Waals surface area contributed by atoms with Crippen molar-refractivity contribution in [3.8, 4) is 6.07 Å². The number of pyridine rings is 1. The van der Waals surface area contributed by atoms with Crippen LogP contribution in [0.3, 0.4) is 0 Å². The standard InChI is InChI=1S/C27H32F3N5O2/c1-18-7-5-8-20(15-18)34(13-6-12-33-10-3-4-11-33)26(37)24-23(36)9-14-35(24)25-21(17-31)22(27(28,29)30)16-19(2)32-25/h5,7-8,15-16,23-24,36H,3-4,6,9-14H2,1-2H3/t23-,24+/m1/s1. The fourth-order valence-corrected chi connectivity index (χ4v) is 5.29. The van der Waals surface area contributed by atoms with Crippen LogP contribution >= 0.6 is 0 Å². The zero-order valence-corrected chi connectivity index (χ0v) is 21.1. The van der Waals surface area contributed by atoms with Crippen LogP contribution in [-0.4, -0.2) is 65.8 Å². The Morgan fingerprint density at radius 1 is 1.22 bits per heavy atom. The SMILES string of the molecule is Cc1cccc(N(CCCN2CCCC2)C(=O)[C@@H]2[C@H](O)CCN2c2nc(C)cc(C(F)(F)F)c2C#N)c1. The summed E-state index contributed by atoms with van der Waals surface area (Å²) in [7, 11) is 0. The summed E-state index contributed by atoms with van der Waals surface area (Å²) in [6.07, 6.45) is -2.65. The van der Waals surface area contributed by atoms with Gasteiger partial charge in [-0.05, 0) is 82.9 Å². The molecule has 4 rings (SSSR count). The zero-order valence-electron chi connectivity index (χ0n) is 21.1. The molecule has 0 spiro atoms. The highest BCUT2D eigenvalue weighted by molar-refractivity contribution is 6.00. The van der Waals surface area contributed by atoms with E-state index < -0.39 is 35.4 Å². The van der Waals surface area contributed by atoms with Gasteiger partial charge in [0.2, 0.25) is 0 Å². The largest absolute Gasteiger partial charge is 0.417 e. The molecule has 37 heavy (non-hydrogen) atoms. The number of anilines is 2. The molecule has 0 aliphatic carbocycles. The molecular weight excluding hydrogens is 483 g/mol. The molecule has 0 unspecified atom stereocenters. The van der Waals surface area contributed by atoms with Gasteiger partial charge in [0.15, 0.2) is 0 Å². The second-order valence-corrected chi connectivity index (χ2v) is 9.84. The maximum atomic E-state index is 14.0. The van der Waals surface area contributed by atoms with E-state index in [4.69, 9.17) is 0 Å². The second kappa shape index (κ2) is 11.1. The highest BCUT2D eigenvalue weighted by Crippen LogP contribution is 2.38. The number of aliphatic hydroxyl groups excluding tert-OH is 1. The Hall–Kier alpha value is -3.16. The minimum atomic E-state index is -4.76. The van der Waals surface area contributed by atoms with Gasteiger partial charge in [0.25, 0.3) is 5.91 Å². The highest BCUT2D eigenvalue weighted by atomic mass is 19.4. The molecule has 0 bridgehead atoms. The number of amides is 1. The average Bonchev–Trinajstić information content (AvgIpc) is 3.50. The summed E-state index contributed by atoms with van der Waals surface area (Å²) in [6.45, 7) is 6.74. The summed E-state index contributed by atoms with van der Waals surface area (Å²) in [6, 6.07) is 8.79. The quantitative estimate of drug-likeness (QED) is 0.599. The first-order valence-electron chi connectivity index (χ1n) is 12.6. The number of halogens is 3. The molecule has 2 fully saturated rings. The average molecular weight is 516 g/mol. The van der Waals surface area contributed by atoms with Gasteiger partial charge in [0, 0.05) is 24.5 Å². The number of nitriles is 1. The number of aryl methyl sites for hydroxylation is 2. The monoisotopic (exact) mass is 515 g/mol. The predicted octanol–water partition coefficient (Wildman–Crippen LogP) is 4.05. The number of carbonyl (C=O) groups is 1. The first-order chi connectivity index (χ1) is 17.6. The molecular formula is C27H32F3N5O2. The minimum Gasteiger partial charge on any atom is -0.390 e. The summed E-state index contributed by atoms with van der Waals surface area (Å²) >= 11 is 0. The van der Waals surface area contributed by atoms with Crippen LogP contribution in [0.25, 0.3) is 0 Å². The van der Waals surface area contributed by atoms with Crippen molar-refractivity contribution in [3.05, 3.63) is 52.7 Å². The number of benzene rings is 1. The van der Waals surface area contributed by atoms with Gasteiger partial charge in [-0.1, -0.05) is 12.1 Å². The number of alkyl halides is 3. The zero-order chi connectivity index (χ0) is 26.7. The van der Waals surface area contributed by atoms with Crippen molar-refractivity contribution in [3.63, 3.8) is 0 Å². The molecule has 2 aliphatic heterocycles. The lowest BCUT2D eigenvalue weighted by Gasteiger charge is -2.33. The van der Waals surface area contributed by atoms with Crippen LogP contribution in [0.2, 0.25) is 0 Å². The van der Waals surface area contributed by atoms with Crippen LogP contribution in [0.5, 0.6) is 0 Å². The first-order valence-corrected chi connectivity index (χ1v) is 12.6. The number of hydrogen-bond donors (Lipinski definition) is 1. The van der Waals surface area contributed by atoms with Crippen molar-refractivity contribution in [2.45, 2.75) is 57.9 Å². The third kappa shape index (κ3) is 5.89. The van der Waals surface area contributed by atoms with Gasteiger partial charge in [-0.3, -0.25) is 4.79 Å². The van der Waals surface area contributed by atoms with Gasteiger partial charge in [-0.2, -0.15) is 18.4 Å². The van der Waals surface area contributed by atoms with Crippen molar-refractivity contribution in [1.29, 1.82) is 5.26 Å². The van der Waals surface area contributed by atoms with E-state index in [1.54, 1.807) is 11.0 Å². The summed E-state index contributed by atoms with van der Waals surface area (Å²) in [5.41, 5.74) is -0.0257. The molecule has 3 heterocycles. The summed E-state index contributed by atoms with van der Waals surface area (Å²) < 4.78 is 41.2. The Morgan fingerprint density at radius 3 is 2.59 bits per heavy atom. The molecule has 10 heteroatoms. The lowest BCUT2D eigenvalue weighted by atomic mass is 10.1. The number of carbonyl (C=O) groups excluding carboxylic acids is 1. The van der Waals surface area contributed by atoms with Crippen molar-refractivity contribution >= 4 is 17.4 Å². The molecule has 0 saturated carbocycles. The molecule has 7 nitrogen and oxygen atoms in total. The maximum absolute atomic E-state index is 14.0. The fraction of sp³-hybridized carbons (Fsp3) is 0.519. The van der Waals surface area contributed by atoms with Crippen molar-refractivity contribution < 1.29 is 23.1 Å². The van der Waals surface area contributed by atoms with Gasteiger partial charge in [0.05, 0.1) is 11.7 Å². The molecule has 2 atom stereocenters. The Bertz CT molecular complexity index is 1170. The van der Waals surface area contributed by atoms with Gasteiger partial charge in [0.1, 0.15) is 23.5 Å². The van der Waals surface area contributed by atoms with Crippen LogP contribution in [0, 0.1) is 25.2 Å². The van der Waals surface area contributed by atoms with E-state index in [-0.39, 0.29) is 24.5 Å². The highest BCUT2D eigenvalue weighted by Gasteiger charge is 2.44. The van der Waals surface area contributed by atoms with E-state index in [9.17, 15) is 28.3 Å². The predicted molar refractivity (Wildman–Crippen MR) is 134 cm³/mol. The Labute approximate surface area is 215 Å². The summed E-state index contributed by atoms with van der Waals surface area (Å²) in [4.78, 5) is 23.6. The van der Waals surface area contributed by atoms with E-state index in [1.807, 2.05) is 31.2 Å². The summed E-state index contributed by atoms with van der Waals surface area (Å²) in [5, 5.41) is 20.5. The third-order valence-corrected chi connectivity index (χ3v) is 7.07. The van der Waals surface area contributed by atoms with E-state index in [0.717, 1.165) is 44.1 Å². The lowest BCUT2D eigenvalue weighted by molar-refractivity contribution is -0.137. The number of rotatable bonds is 7. The third-order valence-electron chi connectivity index (χ3n) is 7.07. The van der Waals surface area contributed by atoms with E-state index in [2.05, 4.69) is 9.88 Å². The Morgan fingerprint density at radius 2 is 1.95 bits per heavy atom. The molecule has 1 aromatic heterocycles. The number of aromatic nitrogens is 1. The van der Waals surface area contributed by atoms with Crippen molar-refractivity contribution in [1.82, 2.24) is 9.88 Å². The van der Waals surface area contributed by atoms with Crippen LogP contribution in [0.4, 0.5) is 24.7 Å². The van der Waals surface area contributed by atoms with E-state index in [1.165, 1.54) is 11.8 Å². The lowest BCUT2D eigenvalue weighted by Crippen LogP contribution is -2.51. The Balaban J connectivity index is 1.68. The number of aliphatic hydroxyl groups is 1. The van der Waals surface area contributed by atoms with Gasteiger partial charge >= 0.3 is 6.18 Å². The summed E-state index contributed by atoms with van der Waals surface area (Å²) in [5.74, 6) is -0.635. The normalized spacial score (nSPS) is 20.3. The van der Waals surface area contributed by atoms with Gasteiger partial charge in [-0.15, -0.1) is 0 Å². The van der Waals surface area contributed by atoms with Crippen molar-refractivity contribution in [2.24, 2.45) is 0 Å². The van der Waals surface area contributed by atoms with Crippen LogP contribution < -0.4 is 9.80 Å². The number of nitrogens with zero attached hydrogens (tertiary/aromatic N) is 5. The smallest absolute Gasteiger partial charge is 0.390 e. The van der Waals surface area contributed by atoms with Crippen LogP contribution in [0.15, 0.2) is 30.3 Å². The molecule has 1 N–H and O–H groups in total. The minimum absolute atomic E-state index is 0.0788. The maximum Gasteiger partial charge on any atom is 0.417 e. The van der Waals surface area contributed by atoms with Gasteiger partial charge < -0.3 is 19.8 Å². The molecule has 2 saturated heterocycles. The molecule has 0 radical (unpaired) electrons. The fourth-order valence-electron chi connectivity index (χ4n) is 5.29. The molecule has 1 amide bonds. The Kier molecular flexibility index (Phi) is 8.05. The van der Waals surface area contributed by atoms with Crippen molar-refractivity contribution in [2.75, 3.05) is 42.5 Å². The van der Waals surface area contributed by atoms with Crippen LogP contribution in [-0.2, 0) is 11.0 Å². The molecule has 198 valence electrons. The molecule has 2 aromatic rings. The van der Waals surface area contributed by atoms with E-state index >= 15 is 0 Å². The first kappa shape index (κ1) is 26.9. The molecule has 2 aliphatic rings.